The lowest BCUT2D eigenvalue weighted by Gasteiger charge is -2.27. The highest BCUT2D eigenvalue weighted by Crippen LogP contribution is 2.35. The summed E-state index contributed by atoms with van der Waals surface area (Å²) in [5, 5.41) is 11.9. The maximum atomic E-state index is 12.3. The summed E-state index contributed by atoms with van der Waals surface area (Å²) in [6.45, 7) is 0.809. The van der Waals surface area contributed by atoms with Gasteiger partial charge in [0.05, 0.1) is 16.8 Å². The van der Waals surface area contributed by atoms with E-state index in [4.69, 9.17) is 16.9 Å². The number of carbonyl (C=O) groups excluding carboxylic acids is 1. The van der Waals surface area contributed by atoms with E-state index in [1.165, 1.54) is 0 Å². The van der Waals surface area contributed by atoms with Gasteiger partial charge in [0, 0.05) is 6.54 Å². The summed E-state index contributed by atoms with van der Waals surface area (Å²) in [5.41, 5.74) is 3.05. The molecule has 4 nitrogen and oxygen atoms in total. The van der Waals surface area contributed by atoms with Crippen LogP contribution in [-0.4, -0.2) is 25.0 Å². The Kier molecular flexibility index (Phi) is 5.02. The molecular formula is C19H18ClN3O. The molecule has 0 saturated carbocycles. The first-order valence-electron chi connectivity index (χ1n) is 7.97. The van der Waals surface area contributed by atoms with Crippen LogP contribution in [0.4, 0.5) is 5.69 Å². The van der Waals surface area contributed by atoms with E-state index in [1.807, 2.05) is 59.5 Å². The highest BCUT2D eigenvalue weighted by molar-refractivity contribution is 6.33. The first-order chi connectivity index (χ1) is 11.7. The number of anilines is 1. The topological polar surface area (TPSA) is 56.1 Å². The zero-order valence-corrected chi connectivity index (χ0v) is 14.0. The van der Waals surface area contributed by atoms with Crippen LogP contribution in [0.2, 0.25) is 5.02 Å². The van der Waals surface area contributed by atoms with Crippen molar-refractivity contribution in [1.29, 1.82) is 5.26 Å². The average molecular weight is 340 g/mol. The van der Waals surface area contributed by atoms with Crippen LogP contribution in [0.15, 0.2) is 48.5 Å². The molecule has 0 aliphatic carbocycles. The molecule has 1 aliphatic rings. The summed E-state index contributed by atoms with van der Waals surface area (Å²) < 4.78 is 0. The van der Waals surface area contributed by atoms with Gasteiger partial charge in [-0.25, -0.2) is 0 Å². The highest BCUT2D eigenvalue weighted by atomic mass is 35.5. The molecule has 1 fully saturated rings. The van der Waals surface area contributed by atoms with Crippen molar-refractivity contribution in [3.8, 4) is 17.2 Å². The third-order valence-corrected chi connectivity index (χ3v) is 4.58. The van der Waals surface area contributed by atoms with Gasteiger partial charge in [-0.05, 0) is 36.1 Å². The van der Waals surface area contributed by atoms with Crippen molar-refractivity contribution in [1.82, 2.24) is 5.32 Å². The van der Waals surface area contributed by atoms with E-state index in [0.717, 1.165) is 36.2 Å². The Morgan fingerprint density at radius 1 is 1.25 bits per heavy atom. The zero-order chi connectivity index (χ0) is 16.9. The van der Waals surface area contributed by atoms with E-state index in [1.54, 1.807) is 0 Å². The molecule has 0 unspecified atom stereocenters. The number of halogens is 1. The quantitative estimate of drug-likeness (QED) is 0.866. The molecule has 1 heterocycles. The normalized spacial score (nSPS) is 16.7. The molecule has 3 rings (SSSR count). The van der Waals surface area contributed by atoms with E-state index in [-0.39, 0.29) is 18.5 Å². The van der Waals surface area contributed by atoms with E-state index in [2.05, 4.69) is 5.32 Å². The van der Waals surface area contributed by atoms with Crippen molar-refractivity contribution in [3.05, 3.63) is 53.6 Å². The van der Waals surface area contributed by atoms with Crippen molar-refractivity contribution in [2.24, 2.45) is 0 Å². The molecule has 0 spiro atoms. The number of nitrogens with zero attached hydrogens (tertiary/aromatic N) is 2. The molecule has 1 aliphatic heterocycles. The van der Waals surface area contributed by atoms with Gasteiger partial charge in [0.2, 0.25) is 5.91 Å². The predicted molar refractivity (Wildman–Crippen MR) is 95.9 cm³/mol. The highest BCUT2D eigenvalue weighted by Gasteiger charge is 2.31. The first-order valence-corrected chi connectivity index (χ1v) is 8.35. The van der Waals surface area contributed by atoms with Gasteiger partial charge < -0.3 is 10.2 Å². The summed E-state index contributed by atoms with van der Waals surface area (Å²) in [7, 11) is 0. The van der Waals surface area contributed by atoms with Crippen LogP contribution in [0.25, 0.3) is 11.1 Å². The van der Waals surface area contributed by atoms with Gasteiger partial charge in [-0.1, -0.05) is 48.0 Å². The predicted octanol–water partition coefficient (Wildman–Crippen LogP) is 3.62. The van der Waals surface area contributed by atoms with Gasteiger partial charge in [0.25, 0.3) is 0 Å². The number of rotatable bonds is 4. The second-order valence-corrected chi connectivity index (χ2v) is 6.17. The summed E-state index contributed by atoms with van der Waals surface area (Å²) in [6, 6.07) is 17.6. The van der Waals surface area contributed by atoms with Gasteiger partial charge in [-0.15, -0.1) is 0 Å². The third kappa shape index (κ3) is 3.37. The lowest BCUT2D eigenvalue weighted by molar-refractivity contribution is -0.121. The van der Waals surface area contributed by atoms with Crippen molar-refractivity contribution < 1.29 is 4.79 Å². The van der Waals surface area contributed by atoms with Crippen molar-refractivity contribution >= 4 is 23.2 Å². The van der Waals surface area contributed by atoms with Crippen molar-refractivity contribution in [2.75, 3.05) is 18.0 Å². The summed E-state index contributed by atoms with van der Waals surface area (Å²) in [4.78, 5) is 14.4. The molecule has 0 bridgehead atoms. The second-order valence-electron chi connectivity index (χ2n) is 5.76. The fourth-order valence-electron chi connectivity index (χ4n) is 3.12. The Hall–Kier alpha value is -2.51. The van der Waals surface area contributed by atoms with Crippen LogP contribution < -0.4 is 10.2 Å². The van der Waals surface area contributed by atoms with E-state index < -0.39 is 0 Å². The standard InChI is InChI=1S/C19H18ClN3O/c20-16-9-8-15(14-5-2-1-3-6-14)13-18(16)23-12-4-7-17(23)19(24)22-11-10-21/h1-3,5-6,8-9,13,17H,4,7,11-12H2,(H,22,24)/t17-/m1/s1. The van der Waals surface area contributed by atoms with E-state index >= 15 is 0 Å². The molecule has 2 aromatic rings. The molecule has 1 N–H and O–H groups in total. The van der Waals surface area contributed by atoms with Crippen LogP contribution in [0, 0.1) is 11.3 Å². The molecule has 122 valence electrons. The van der Waals surface area contributed by atoms with Crippen molar-refractivity contribution in [2.45, 2.75) is 18.9 Å². The SMILES string of the molecule is N#CCNC(=O)[C@H]1CCCN1c1cc(-c2ccccc2)ccc1Cl. The lowest BCUT2D eigenvalue weighted by Crippen LogP contribution is -2.43. The molecule has 2 aromatic carbocycles. The number of amides is 1. The Morgan fingerprint density at radius 2 is 2.04 bits per heavy atom. The number of benzene rings is 2. The Morgan fingerprint density at radius 3 is 2.79 bits per heavy atom. The lowest BCUT2D eigenvalue weighted by atomic mass is 10.0. The second kappa shape index (κ2) is 7.37. The molecule has 0 radical (unpaired) electrons. The summed E-state index contributed by atoms with van der Waals surface area (Å²) in [6.07, 6.45) is 1.69. The minimum atomic E-state index is -0.276. The van der Waals surface area contributed by atoms with Crippen LogP contribution in [-0.2, 0) is 4.79 Å². The number of nitriles is 1. The number of hydrogen-bond acceptors (Lipinski definition) is 3. The Bertz CT molecular complexity index is 770. The van der Waals surface area contributed by atoms with Gasteiger partial charge in [-0.3, -0.25) is 4.79 Å². The minimum absolute atomic E-state index is 0.0287. The summed E-state index contributed by atoms with van der Waals surface area (Å²) >= 11 is 6.41. The monoisotopic (exact) mass is 339 g/mol. The van der Waals surface area contributed by atoms with Gasteiger partial charge in [0.1, 0.15) is 12.6 Å². The van der Waals surface area contributed by atoms with Crippen LogP contribution in [0.1, 0.15) is 12.8 Å². The van der Waals surface area contributed by atoms with Gasteiger partial charge in [0.15, 0.2) is 0 Å². The number of carbonyl (C=O) groups is 1. The Labute approximate surface area is 146 Å². The maximum absolute atomic E-state index is 12.3. The largest absolute Gasteiger partial charge is 0.358 e. The van der Waals surface area contributed by atoms with Crippen molar-refractivity contribution in [3.63, 3.8) is 0 Å². The maximum Gasteiger partial charge on any atom is 0.243 e. The first kappa shape index (κ1) is 16.4. The average Bonchev–Trinajstić information content (AvgIpc) is 3.10. The fraction of sp³-hybridized carbons (Fsp3) is 0.263. The smallest absolute Gasteiger partial charge is 0.243 e. The third-order valence-electron chi connectivity index (χ3n) is 4.26. The van der Waals surface area contributed by atoms with E-state index in [0.29, 0.717) is 5.02 Å². The number of hydrogen-bond donors (Lipinski definition) is 1. The molecule has 1 atom stereocenters. The molecule has 5 heteroatoms. The Balaban J connectivity index is 1.90. The molecule has 1 amide bonds. The molecular weight excluding hydrogens is 322 g/mol. The zero-order valence-electron chi connectivity index (χ0n) is 13.2. The van der Waals surface area contributed by atoms with Crippen LogP contribution >= 0.6 is 11.6 Å². The van der Waals surface area contributed by atoms with Gasteiger partial charge >= 0.3 is 0 Å². The van der Waals surface area contributed by atoms with Crippen LogP contribution in [0.5, 0.6) is 0 Å². The van der Waals surface area contributed by atoms with Gasteiger partial charge in [-0.2, -0.15) is 5.26 Å². The van der Waals surface area contributed by atoms with Crippen LogP contribution in [0.3, 0.4) is 0 Å². The van der Waals surface area contributed by atoms with E-state index in [9.17, 15) is 4.79 Å². The summed E-state index contributed by atoms with van der Waals surface area (Å²) in [5.74, 6) is -0.116. The fourth-order valence-corrected chi connectivity index (χ4v) is 3.34. The molecule has 24 heavy (non-hydrogen) atoms. The minimum Gasteiger partial charge on any atom is -0.358 e. The number of nitrogens with one attached hydrogen (secondary N) is 1. The molecule has 1 saturated heterocycles. The molecule has 0 aromatic heterocycles.